The molecule has 1 aliphatic rings. The number of rotatable bonds is 6. The van der Waals surface area contributed by atoms with Gasteiger partial charge in [-0.3, -0.25) is 13.9 Å². The molecular formula is C19H23N3O5S. The van der Waals surface area contributed by atoms with E-state index in [0.717, 1.165) is 0 Å². The molecule has 1 fully saturated rings. The van der Waals surface area contributed by atoms with Gasteiger partial charge in [-0.1, -0.05) is 13.8 Å². The predicted octanol–water partition coefficient (Wildman–Crippen LogP) is 2.21. The van der Waals surface area contributed by atoms with Crippen LogP contribution >= 0.6 is 0 Å². The molecule has 8 nitrogen and oxygen atoms in total. The van der Waals surface area contributed by atoms with Crippen LogP contribution in [0.3, 0.4) is 0 Å². The molecule has 0 saturated carbocycles. The van der Waals surface area contributed by atoms with Crippen molar-refractivity contribution >= 4 is 33.2 Å². The SMILES string of the molecule is CC(C)C(NC(=O)c1ccco1)C(=O)Nc1ccc(N2CCCS2(=O)=O)cc1. The zero-order chi connectivity index (χ0) is 20.3. The van der Waals surface area contributed by atoms with Crippen LogP contribution in [0.25, 0.3) is 0 Å². The van der Waals surface area contributed by atoms with E-state index >= 15 is 0 Å². The van der Waals surface area contributed by atoms with Crippen molar-refractivity contribution in [3.8, 4) is 0 Å². The Hall–Kier alpha value is -2.81. The van der Waals surface area contributed by atoms with Crippen LogP contribution in [0.2, 0.25) is 0 Å². The maximum Gasteiger partial charge on any atom is 0.287 e. The number of carbonyl (C=O) groups is 2. The monoisotopic (exact) mass is 405 g/mol. The van der Waals surface area contributed by atoms with Gasteiger partial charge < -0.3 is 15.1 Å². The second-order valence-electron chi connectivity index (χ2n) is 6.95. The molecule has 1 atom stereocenters. The fourth-order valence-corrected chi connectivity index (χ4v) is 4.58. The third-order valence-corrected chi connectivity index (χ3v) is 6.37. The van der Waals surface area contributed by atoms with Gasteiger partial charge in [-0.2, -0.15) is 0 Å². The van der Waals surface area contributed by atoms with Gasteiger partial charge in [0.1, 0.15) is 6.04 Å². The molecule has 2 heterocycles. The first-order valence-corrected chi connectivity index (χ1v) is 10.6. The first kappa shape index (κ1) is 19.9. The molecule has 2 aromatic rings. The maximum absolute atomic E-state index is 12.6. The van der Waals surface area contributed by atoms with Gasteiger partial charge in [-0.25, -0.2) is 8.42 Å². The summed E-state index contributed by atoms with van der Waals surface area (Å²) in [5, 5.41) is 5.43. The Labute approximate surface area is 164 Å². The molecule has 1 saturated heterocycles. The Morgan fingerprint density at radius 2 is 1.86 bits per heavy atom. The van der Waals surface area contributed by atoms with Gasteiger partial charge in [0.2, 0.25) is 15.9 Å². The summed E-state index contributed by atoms with van der Waals surface area (Å²) >= 11 is 0. The highest BCUT2D eigenvalue weighted by atomic mass is 32.2. The van der Waals surface area contributed by atoms with Gasteiger partial charge in [-0.05, 0) is 48.7 Å². The zero-order valence-corrected chi connectivity index (χ0v) is 16.5. The maximum atomic E-state index is 12.6. The highest BCUT2D eigenvalue weighted by Gasteiger charge is 2.29. The molecule has 9 heteroatoms. The van der Waals surface area contributed by atoms with Gasteiger partial charge in [-0.15, -0.1) is 0 Å². The summed E-state index contributed by atoms with van der Waals surface area (Å²) in [7, 11) is -3.25. The number of benzene rings is 1. The summed E-state index contributed by atoms with van der Waals surface area (Å²) in [6.45, 7) is 4.12. The number of furan rings is 1. The predicted molar refractivity (Wildman–Crippen MR) is 106 cm³/mol. The van der Waals surface area contributed by atoms with Crippen LogP contribution in [0.5, 0.6) is 0 Å². The first-order valence-electron chi connectivity index (χ1n) is 9.03. The third-order valence-electron chi connectivity index (χ3n) is 4.50. The van der Waals surface area contributed by atoms with Crippen molar-refractivity contribution in [1.29, 1.82) is 0 Å². The van der Waals surface area contributed by atoms with Gasteiger partial charge in [0.05, 0.1) is 17.7 Å². The van der Waals surface area contributed by atoms with Gasteiger partial charge in [0.15, 0.2) is 5.76 Å². The molecule has 0 aliphatic carbocycles. The molecule has 3 rings (SSSR count). The highest BCUT2D eigenvalue weighted by Crippen LogP contribution is 2.25. The Morgan fingerprint density at radius 3 is 2.39 bits per heavy atom. The van der Waals surface area contributed by atoms with E-state index in [-0.39, 0.29) is 23.3 Å². The molecule has 0 bridgehead atoms. The zero-order valence-electron chi connectivity index (χ0n) is 15.7. The van der Waals surface area contributed by atoms with Crippen molar-refractivity contribution in [3.63, 3.8) is 0 Å². The molecule has 2 amide bonds. The molecule has 1 aromatic heterocycles. The Bertz CT molecular complexity index is 936. The van der Waals surface area contributed by atoms with Gasteiger partial charge in [0.25, 0.3) is 5.91 Å². The van der Waals surface area contributed by atoms with E-state index < -0.39 is 22.0 Å². The smallest absolute Gasteiger partial charge is 0.287 e. The molecule has 0 radical (unpaired) electrons. The van der Waals surface area contributed by atoms with Crippen molar-refractivity contribution in [3.05, 3.63) is 48.4 Å². The Morgan fingerprint density at radius 1 is 1.14 bits per heavy atom. The summed E-state index contributed by atoms with van der Waals surface area (Å²) in [5.74, 6) is -0.691. The van der Waals surface area contributed by atoms with Crippen molar-refractivity contribution in [2.75, 3.05) is 21.9 Å². The number of nitrogens with zero attached hydrogens (tertiary/aromatic N) is 1. The standard InChI is InChI=1S/C19H23N3O5S/c1-13(2)17(21-18(23)16-5-3-11-27-16)19(24)20-14-6-8-15(9-7-14)22-10-4-12-28(22,25)26/h3,5-9,11,13,17H,4,10,12H2,1-2H3,(H,20,24)(H,21,23). The lowest BCUT2D eigenvalue weighted by Gasteiger charge is -2.21. The van der Waals surface area contributed by atoms with Gasteiger partial charge in [0, 0.05) is 12.2 Å². The average Bonchev–Trinajstić information content (AvgIpc) is 3.29. The fraction of sp³-hybridized carbons (Fsp3) is 0.368. The number of nitrogens with one attached hydrogen (secondary N) is 2. The van der Waals surface area contributed by atoms with E-state index in [9.17, 15) is 18.0 Å². The van der Waals surface area contributed by atoms with Crippen molar-refractivity contribution in [2.45, 2.75) is 26.3 Å². The third kappa shape index (κ3) is 4.36. The largest absolute Gasteiger partial charge is 0.459 e. The minimum Gasteiger partial charge on any atom is -0.459 e. The molecule has 28 heavy (non-hydrogen) atoms. The molecule has 1 aliphatic heterocycles. The van der Waals surface area contributed by atoms with Crippen LogP contribution in [0.1, 0.15) is 30.8 Å². The minimum atomic E-state index is -3.25. The van der Waals surface area contributed by atoms with Crippen molar-refractivity contribution in [1.82, 2.24) is 5.32 Å². The van der Waals surface area contributed by atoms with E-state index in [0.29, 0.717) is 24.3 Å². The molecule has 1 aromatic carbocycles. The fourth-order valence-electron chi connectivity index (χ4n) is 3.02. The number of hydrogen-bond donors (Lipinski definition) is 2. The summed E-state index contributed by atoms with van der Waals surface area (Å²) in [5.41, 5.74) is 1.09. The molecule has 2 N–H and O–H groups in total. The summed E-state index contributed by atoms with van der Waals surface area (Å²) in [4.78, 5) is 24.8. The van der Waals surface area contributed by atoms with E-state index in [1.165, 1.54) is 16.6 Å². The van der Waals surface area contributed by atoms with E-state index in [1.807, 2.05) is 13.8 Å². The summed E-state index contributed by atoms with van der Waals surface area (Å²) in [6.07, 6.45) is 1.99. The van der Waals surface area contributed by atoms with Crippen molar-refractivity contribution < 1.29 is 22.4 Å². The second-order valence-corrected chi connectivity index (χ2v) is 8.96. The first-order chi connectivity index (χ1) is 13.3. The van der Waals surface area contributed by atoms with E-state index in [2.05, 4.69) is 10.6 Å². The summed E-state index contributed by atoms with van der Waals surface area (Å²) in [6, 6.07) is 8.97. The molecular weight excluding hydrogens is 382 g/mol. The number of hydrogen-bond acceptors (Lipinski definition) is 5. The lowest BCUT2D eigenvalue weighted by Crippen LogP contribution is -2.47. The van der Waals surface area contributed by atoms with Crippen molar-refractivity contribution in [2.24, 2.45) is 5.92 Å². The van der Waals surface area contributed by atoms with Crippen LogP contribution in [0, 0.1) is 5.92 Å². The van der Waals surface area contributed by atoms with E-state index in [1.54, 1.807) is 30.3 Å². The van der Waals surface area contributed by atoms with Crippen LogP contribution < -0.4 is 14.9 Å². The second kappa shape index (κ2) is 8.05. The Balaban J connectivity index is 1.67. The number of carbonyl (C=O) groups excluding carboxylic acids is 2. The topological polar surface area (TPSA) is 109 Å². The average molecular weight is 405 g/mol. The van der Waals surface area contributed by atoms with Crippen LogP contribution in [0.4, 0.5) is 11.4 Å². The number of anilines is 2. The molecule has 150 valence electrons. The van der Waals surface area contributed by atoms with Crippen LogP contribution in [0.15, 0.2) is 47.1 Å². The lowest BCUT2D eigenvalue weighted by molar-refractivity contribution is -0.118. The van der Waals surface area contributed by atoms with Gasteiger partial charge >= 0.3 is 0 Å². The molecule has 1 unspecified atom stereocenters. The van der Waals surface area contributed by atoms with E-state index in [4.69, 9.17) is 4.42 Å². The lowest BCUT2D eigenvalue weighted by atomic mass is 10.0. The van der Waals surface area contributed by atoms with Crippen LogP contribution in [-0.2, 0) is 14.8 Å². The molecule has 0 spiro atoms. The summed E-state index contributed by atoms with van der Waals surface area (Å²) < 4.78 is 30.4. The number of sulfonamides is 1. The quantitative estimate of drug-likeness (QED) is 0.766. The number of amides is 2. The minimum absolute atomic E-state index is 0.134. The normalized spacial score (nSPS) is 16.8. The highest BCUT2D eigenvalue weighted by molar-refractivity contribution is 7.93. The van der Waals surface area contributed by atoms with Crippen LogP contribution in [-0.4, -0.2) is 38.6 Å². The Kier molecular flexibility index (Phi) is 5.73.